The Bertz CT molecular complexity index is 454. The predicted octanol–water partition coefficient (Wildman–Crippen LogP) is 2.20. The first-order valence-corrected chi connectivity index (χ1v) is 7.32. The molecule has 3 nitrogen and oxygen atoms in total. The Morgan fingerprint density at radius 3 is 2.47 bits per heavy atom. The molecule has 2 aliphatic carbocycles. The number of nitrogens with one attached hydrogen (secondary N) is 1. The zero-order chi connectivity index (χ0) is 13.2. The number of carbonyl (C=O) groups is 1. The maximum atomic E-state index is 12.2. The molecule has 3 atom stereocenters. The Morgan fingerprint density at radius 1 is 1.16 bits per heavy atom. The monoisotopic (exact) mass is 258 g/mol. The molecule has 1 aromatic rings. The minimum absolute atomic E-state index is 0.259. The van der Waals surface area contributed by atoms with Gasteiger partial charge in [0, 0.05) is 19.0 Å². The zero-order valence-electron chi connectivity index (χ0n) is 11.3. The van der Waals surface area contributed by atoms with Gasteiger partial charge in [-0.1, -0.05) is 30.7 Å². The van der Waals surface area contributed by atoms with Gasteiger partial charge in [-0.3, -0.25) is 4.79 Å². The predicted molar refractivity (Wildman–Crippen MR) is 75.1 cm³/mol. The fourth-order valence-electron chi connectivity index (χ4n) is 3.68. The molecule has 2 fully saturated rings. The molecular weight excluding hydrogens is 236 g/mol. The molecule has 3 N–H and O–H groups in total. The molecule has 3 rings (SSSR count). The van der Waals surface area contributed by atoms with Crippen molar-refractivity contribution in [2.75, 3.05) is 0 Å². The molecular formula is C16H22N2O. The van der Waals surface area contributed by atoms with Crippen molar-refractivity contribution in [1.82, 2.24) is 5.32 Å². The van der Waals surface area contributed by atoms with Crippen LogP contribution in [0.2, 0.25) is 0 Å². The average molecular weight is 258 g/mol. The van der Waals surface area contributed by atoms with E-state index in [2.05, 4.69) is 5.32 Å². The van der Waals surface area contributed by atoms with Crippen molar-refractivity contribution in [3.8, 4) is 0 Å². The van der Waals surface area contributed by atoms with Crippen LogP contribution >= 0.6 is 0 Å². The molecule has 1 aromatic carbocycles. The van der Waals surface area contributed by atoms with Crippen LogP contribution in [0.5, 0.6) is 0 Å². The van der Waals surface area contributed by atoms with Crippen LogP contribution < -0.4 is 11.1 Å². The van der Waals surface area contributed by atoms with Gasteiger partial charge in [-0.05, 0) is 42.2 Å². The van der Waals surface area contributed by atoms with Crippen LogP contribution in [0, 0.1) is 17.8 Å². The molecule has 0 heterocycles. The van der Waals surface area contributed by atoms with Gasteiger partial charge >= 0.3 is 0 Å². The third-order valence-corrected chi connectivity index (χ3v) is 4.80. The summed E-state index contributed by atoms with van der Waals surface area (Å²) in [6.45, 7) is 1.20. The Kier molecular flexibility index (Phi) is 3.56. The van der Waals surface area contributed by atoms with Crippen LogP contribution in [-0.4, -0.2) is 5.91 Å². The molecule has 19 heavy (non-hydrogen) atoms. The lowest BCUT2D eigenvalue weighted by Crippen LogP contribution is -2.33. The fraction of sp³-hybridized carbons (Fsp3) is 0.562. The van der Waals surface area contributed by atoms with Gasteiger partial charge in [-0.2, -0.15) is 0 Å². The molecule has 1 amide bonds. The highest BCUT2D eigenvalue weighted by atomic mass is 16.1. The third kappa shape index (κ3) is 2.66. The second-order valence-corrected chi connectivity index (χ2v) is 6.02. The van der Waals surface area contributed by atoms with E-state index in [1.165, 1.54) is 19.3 Å². The van der Waals surface area contributed by atoms with E-state index in [4.69, 9.17) is 5.73 Å². The lowest BCUT2D eigenvalue weighted by molar-refractivity contribution is -0.126. The maximum Gasteiger partial charge on any atom is 0.223 e. The van der Waals surface area contributed by atoms with Crippen molar-refractivity contribution in [3.63, 3.8) is 0 Å². The molecule has 2 bridgehead atoms. The summed E-state index contributed by atoms with van der Waals surface area (Å²) in [5.74, 6) is 2.02. The van der Waals surface area contributed by atoms with E-state index >= 15 is 0 Å². The second-order valence-electron chi connectivity index (χ2n) is 6.02. The molecule has 0 saturated heterocycles. The number of nitrogens with two attached hydrogens (primary N) is 1. The molecule has 0 radical (unpaired) electrons. The summed E-state index contributed by atoms with van der Waals surface area (Å²) >= 11 is 0. The SMILES string of the molecule is NCc1ccc(CNC(=O)C2CC3CCC2C3)cc1. The van der Waals surface area contributed by atoms with Crippen molar-refractivity contribution in [2.45, 2.75) is 38.8 Å². The van der Waals surface area contributed by atoms with Crippen LogP contribution in [0.3, 0.4) is 0 Å². The minimum atomic E-state index is 0.259. The van der Waals surface area contributed by atoms with E-state index in [0.29, 0.717) is 19.0 Å². The van der Waals surface area contributed by atoms with Gasteiger partial charge in [0.1, 0.15) is 0 Å². The van der Waals surface area contributed by atoms with Gasteiger partial charge in [0.15, 0.2) is 0 Å². The Labute approximate surface area is 114 Å². The topological polar surface area (TPSA) is 55.1 Å². The van der Waals surface area contributed by atoms with Crippen LogP contribution in [-0.2, 0) is 17.9 Å². The smallest absolute Gasteiger partial charge is 0.223 e. The van der Waals surface area contributed by atoms with Gasteiger partial charge < -0.3 is 11.1 Å². The molecule has 0 aliphatic heterocycles. The Balaban J connectivity index is 1.52. The second kappa shape index (κ2) is 5.33. The average Bonchev–Trinajstić information content (AvgIpc) is 3.08. The third-order valence-electron chi connectivity index (χ3n) is 4.80. The van der Waals surface area contributed by atoms with E-state index in [9.17, 15) is 4.79 Å². The highest BCUT2D eigenvalue weighted by Gasteiger charge is 2.42. The summed E-state index contributed by atoms with van der Waals surface area (Å²) in [5, 5.41) is 3.09. The maximum absolute atomic E-state index is 12.2. The van der Waals surface area contributed by atoms with Crippen LogP contribution in [0.15, 0.2) is 24.3 Å². The van der Waals surface area contributed by atoms with E-state index in [-0.39, 0.29) is 11.8 Å². The fourth-order valence-corrected chi connectivity index (χ4v) is 3.68. The summed E-state index contributed by atoms with van der Waals surface area (Å²) in [6.07, 6.45) is 4.99. The van der Waals surface area contributed by atoms with Crippen LogP contribution in [0.25, 0.3) is 0 Å². The number of benzene rings is 1. The normalized spacial score (nSPS) is 28.6. The first kappa shape index (κ1) is 12.7. The standard InChI is InChI=1S/C16H22N2O/c17-9-11-1-3-12(4-2-11)10-18-16(19)15-8-13-5-6-14(15)7-13/h1-4,13-15H,5-10,17H2,(H,18,19). The number of hydrogen-bond acceptors (Lipinski definition) is 2. The summed E-state index contributed by atoms with van der Waals surface area (Å²) in [5.41, 5.74) is 7.84. The zero-order valence-corrected chi connectivity index (χ0v) is 11.3. The van der Waals surface area contributed by atoms with E-state index in [1.54, 1.807) is 0 Å². The molecule has 2 saturated carbocycles. The van der Waals surface area contributed by atoms with Gasteiger partial charge in [-0.25, -0.2) is 0 Å². The quantitative estimate of drug-likeness (QED) is 0.870. The van der Waals surface area contributed by atoms with E-state index in [1.807, 2.05) is 24.3 Å². The summed E-state index contributed by atoms with van der Waals surface area (Å²) < 4.78 is 0. The first-order chi connectivity index (χ1) is 9.26. The highest BCUT2D eigenvalue weighted by Crippen LogP contribution is 2.48. The molecule has 102 valence electrons. The molecule has 0 spiro atoms. The van der Waals surface area contributed by atoms with Gasteiger partial charge in [-0.15, -0.1) is 0 Å². The summed E-state index contributed by atoms with van der Waals surface area (Å²) in [4.78, 5) is 12.2. The van der Waals surface area contributed by atoms with Crippen molar-refractivity contribution < 1.29 is 4.79 Å². The summed E-state index contributed by atoms with van der Waals surface area (Å²) in [7, 11) is 0. The van der Waals surface area contributed by atoms with Crippen molar-refractivity contribution in [2.24, 2.45) is 23.5 Å². The Hall–Kier alpha value is -1.35. The lowest BCUT2D eigenvalue weighted by atomic mass is 9.88. The van der Waals surface area contributed by atoms with Crippen molar-refractivity contribution in [3.05, 3.63) is 35.4 Å². The van der Waals surface area contributed by atoms with Crippen molar-refractivity contribution in [1.29, 1.82) is 0 Å². The highest BCUT2D eigenvalue weighted by molar-refractivity contribution is 5.79. The van der Waals surface area contributed by atoms with Crippen LogP contribution in [0.4, 0.5) is 0 Å². The van der Waals surface area contributed by atoms with Gasteiger partial charge in [0.05, 0.1) is 0 Å². The number of rotatable bonds is 4. The van der Waals surface area contributed by atoms with Crippen molar-refractivity contribution >= 4 is 5.91 Å². The number of hydrogen-bond donors (Lipinski definition) is 2. The van der Waals surface area contributed by atoms with Gasteiger partial charge in [0.25, 0.3) is 0 Å². The number of fused-ring (bicyclic) bond motifs is 2. The molecule has 3 heteroatoms. The molecule has 2 aliphatic rings. The number of amides is 1. The van der Waals surface area contributed by atoms with E-state index < -0.39 is 0 Å². The first-order valence-electron chi connectivity index (χ1n) is 7.32. The Morgan fingerprint density at radius 2 is 1.89 bits per heavy atom. The summed E-state index contributed by atoms with van der Waals surface area (Å²) in [6, 6.07) is 8.14. The molecule has 0 aromatic heterocycles. The van der Waals surface area contributed by atoms with E-state index in [0.717, 1.165) is 23.5 Å². The van der Waals surface area contributed by atoms with Gasteiger partial charge in [0.2, 0.25) is 5.91 Å². The lowest BCUT2D eigenvalue weighted by Gasteiger charge is -2.20. The van der Waals surface area contributed by atoms with Crippen LogP contribution in [0.1, 0.15) is 36.8 Å². The largest absolute Gasteiger partial charge is 0.352 e. The minimum Gasteiger partial charge on any atom is -0.352 e. The molecule has 3 unspecified atom stereocenters. The number of carbonyl (C=O) groups excluding carboxylic acids is 1.